The molecule has 0 spiro atoms. The summed E-state index contributed by atoms with van der Waals surface area (Å²) >= 11 is 0. The third-order valence-electron chi connectivity index (χ3n) is 3.28. The first kappa shape index (κ1) is 11.2. The fourth-order valence-electron chi connectivity index (χ4n) is 2.40. The van der Waals surface area contributed by atoms with Crippen molar-refractivity contribution in [3.8, 4) is 0 Å². The number of hydrazine groups is 1. The number of nitrogens with zero attached hydrogens (tertiary/aromatic N) is 2. The number of rotatable bonds is 3. The minimum absolute atomic E-state index is 0.851. The lowest BCUT2D eigenvalue weighted by molar-refractivity contribution is 0.272. The van der Waals surface area contributed by atoms with Crippen molar-refractivity contribution in [1.82, 2.24) is 9.88 Å². The molecule has 0 atom stereocenters. The lowest BCUT2D eigenvalue weighted by Gasteiger charge is -2.14. The maximum atomic E-state index is 5.40. The van der Waals surface area contributed by atoms with E-state index in [-0.39, 0.29) is 0 Å². The molecular weight excluding hydrogens is 224 g/mol. The zero-order valence-electron chi connectivity index (χ0n) is 10.1. The number of benzene rings is 1. The van der Waals surface area contributed by atoms with Gasteiger partial charge in [-0.25, -0.2) is 0 Å². The molecule has 4 heteroatoms. The highest BCUT2D eigenvalue weighted by atomic mass is 15.2. The number of nitrogen functional groups attached to an aromatic ring is 1. The zero-order valence-corrected chi connectivity index (χ0v) is 10.1. The first-order chi connectivity index (χ1) is 8.85. The minimum atomic E-state index is 0.851. The van der Waals surface area contributed by atoms with Crippen molar-refractivity contribution < 1.29 is 0 Å². The number of hydrogen-bond acceptors (Lipinski definition) is 4. The second kappa shape index (κ2) is 4.76. The summed E-state index contributed by atoms with van der Waals surface area (Å²) in [5.41, 5.74) is 7.43. The van der Waals surface area contributed by atoms with Gasteiger partial charge in [0.1, 0.15) is 0 Å². The Bertz CT molecular complexity index is 528. The normalized spacial score (nSPS) is 14.5. The number of hydrogen-bond donors (Lipinski definition) is 2. The van der Waals surface area contributed by atoms with Gasteiger partial charge in [0.25, 0.3) is 0 Å². The van der Waals surface area contributed by atoms with Gasteiger partial charge in [-0.15, -0.1) is 0 Å². The van der Waals surface area contributed by atoms with E-state index < -0.39 is 0 Å². The van der Waals surface area contributed by atoms with E-state index in [4.69, 9.17) is 5.84 Å². The van der Waals surface area contributed by atoms with Gasteiger partial charge in [-0.05, 0) is 23.3 Å². The number of aromatic nitrogens is 1. The van der Waals surface area contributed by atoms with E-state index in [1.54, 1.807) is 6.20 Å². The number of anilines is 1. The molecule has 3 N–H and O–H groups in total. The summed E-state index contributed by atoms with van der Waals surface area (Å²) in [5.74, 6) is 5.40. The van der Waals surface area contributed by atoms with E-state index in [0.29, 0.717) is 0 Å². The summed E-state index contributed by atoms with van der Waals surface area (Å²) in [6.07, 6.45) is 1.79. The summed E-state index contributed by atoms with van der Waals surface area (Å²) in [7, 11) is 0. The standard InChI is InChI=1S/C14H16N4/c15-17-13-5-6-16-14(7-13)10-18-8-11-3-1-2-4-12(11)9-18/h1-7H,8-10,15H2,(H,16,17). The molecule has 1 aromatic carbocycles. The predicted molar refractivity (Wildman–Crippen MR) is 71.4 cm³/mol. The van der Waals surface area contributed by atoms with E-state index in [1.807, 2.05) is 12.1 Å². The quantitative estimate of drug-likeness (QED) is 0.635. The molecule has 0 aliphatic carbocycles. The van der Waals surface area contributed by atoms with E-state index in [1.165, 1.54) is 11.1 Å². The number of fused-ring (bicyclic) bond motifs is 1. The van der Waals surface area contributed by atoms with Crippen molar-refractivity contribution in [3.63, 3.8) is 0 Å². The maximum Gasteiger partial charge on any atom is 0.0565 e. The van der Waals surface area contributed by atoms with Crippen LogP contribution in [0.15, 0.2) is 42.6 Å². The Hall–Kier alpha value is -1.91. The van der Waals surface area contributed by atoms with Crippen LogP contribution in [0.1, 0.15) is 16.8 Å². The summed E-state index contributed by atoms with van der Waals surface area (Å²) in [4.78, 5) is 6.76. The van der Waals surface area contributed by atoms with Crippen LogP contribution in [0.4, 0.5) is 5.69 Å². The van der Waals surface area contributed by atoms with Crippen LogP contribution in [0.2, 0.25) is 0 Å². The van der Waals surface area contributed by atoms with Crippen molar-refractivity contribution in [2.45, 2.75) is 19.6 Å². The van der Waals surface area contributed by atoms with Crippen LogP contribution in [0, 0.1) is 0 Å². The van der Waals surface area contributed by atoms with Gasteiger partial charge < -0.3 is 5.43 Å². The molecule has 0 unspecified atom stereocenters. The molecule has 18 heavy (non-hydrogen) atoms. The Morgan fingerprint density at radius 3 is 2.56 bits per heavy atom. The molecule has 1 aliphatic heterocycles. The first-order valence-corrected chi connectivity index (χ1v) is 6.06. The maximum absolute atomic E-state index is 5.40. The second-order valence-corrected chi connectivity index (χ2v) is 4.59. The van der Waals surface area contributed by atoms with E-state index >= 15 is 0 Å². The summed E-state index contributed by atoms with van der Waals surface area (Å²) in [5, 5.41) is 0. The van der Waals surface area contributed by atoms with Crippen LogP contribution in [-0.2, 0) is 19.6 Å². The summed E-state index contributed by atoms with van der Waals surface area (Å²) < 4.78 is 0. The van der Waals surface area contributed by atoms with Crippen molar-refractivity contribution in [2.75, 3.05) is 5.43 Å². The highest BCUT2D eigenvalue weighted by Crippen LogP contribution is 2.23. The zero-order chi connectivity index (χ0) is 12.4. The number of nitrogens with one attached hydrogen (secondary N) is 1. The molecule has 92 valence electrons. The predicted octanol–water partition coefficient (Wildman–Crippen LogP) is 1.88. The van der Waals surface area contributed by atoms with Gasteiger partial charge in [-0.1, -0.05) is 24.3 Å². The van der Waals surface area contributed by atoms with Crippen LogP contribution >= 0.6 is 0 Å². The van der Waals surface area contributed by atoms with Crippen molar-refractivity contribution in [3.05, 3.63) is 59.4 Å². The molecule has 3 rings (SSSR count). The molecule has 0 radical (unpaired) electrons. The minimum Gasteiger partial charge on any atom is -0.324 e. The van der Waals surface area contributed by atoms with Gasteiger partial charge in [0.15, 0.2) is 0 Å². The Kier molecular flexibility index (Phi) is 2.96. The molecule has 1 aliphatic rings. The Morgan fingerprint density at radius 1 is 1.17 bits per heavy atom. The topological polar surface area (TPSA) is 54.2 Å². The molecule has 1 aromatic heterocycles. The number of nitrogens with two attached hydrogens (primary N) is 1. The first-order valence-electron chi connectivity index (χ1n) is 6.06. The number of pyridine rings is 1. The van der Waals surface area contributed by atoms with Gasteiger partial charge in [0.2, 0.25) is 0 Å². The van der Waals surface area contributed by atoms with Crippen LogP contribution in [0.3, 0.4) is 0 Å². The third kappa shape index (κ3) is 2.20. The monoisotopic (exact) mass is 240 g/mol. The summed E-state index contributed by atoms with van der Waals surface area (Å²) in [6.45, 7) is 2.85. The molecule has 0 fully saturated rings. The molecule has 2 aromatic rings. The smallest absolute Gasteiger partial charge is 0.0565 e. The van der Waals surface area contributed by atoms with E-state index in [2.05, 4.69) is 39.6 Å². The molecule has 0 saturated heterocycles. The summed E-state index contributed by atoms with van der Waals surface area (Å²) in [6, 6.07) is 12.4. The Morgan fingerprint density at radius 2 is 1.89 bits per heavy atom. The SMILES string of the molecule is NNc1ccnc(CN2Cc3ccccc3C2)c1. The van der Waals surface area contributed by atoms with E-state index in [0.717, 1.165) is 31.0 Å². The lowest BCUT2D eigenvalue weighted by atomic mass is 10.1. The molecule has 0 bridgehead atoms. The van der Waals surface area contributed by atoms with Crippen molar-refractivity contribution in [1.29, 1.82) is 0 Å². The Labute approximate surface area is 106 Å². The van der Waals surface area contributed by atoms with Crippen LogP contribution in [0.25, 0.3) is 0 Å². The van der Waals surface area contributed by atoms with Gasteiger partial charge in [-0.2, -0.15) is 0 Å². The van der Waals surface area contributed by atoms with Gasteiger partial charge >= 0.3 is 0 Å². The third-order valence-corrected chi connectivity index (χ3v) is 3.28. The molecule has 0 amide bonds. The van der Waals surface area contributed by atoms with Gasteiger partial charge in [0, 0.05) is 25.8 Å². The largest absolute Gasteiger partial charge is 0.324 e. The van der Waals surface area contributed by atoms with Gasteiger partial charge in [0.05, 0.1) is 11.4 Å². The molecule has 4 nitrogen and oxygen atoms in total. The van der Waals surface area contributed by atoms with Crippen LogP contribution in [0.5, 0.6) is 0 Å². The van der Waals surface area contributed by atoms with Gasteiger partial charge in [-0.3, -0.25) is 15.7 Å². The fraction of sp³-hybridized carbons (Fsp3) is 0.214. The van der Waals surface area contributed by atoms with Crippen molar-refractivity contribution in [2.24, 2.45) is 5.84 Å². The van der Waals surface area contributed by atoms with Crippen molar-refractivity contribution >= 4 is 5.69 Å². The highest BCUT2D eigenvalue weighted by Gasteiger charge is 2.18. The fourth-order valence-corrected chi connectivity index (χ4v) is 2.40. The molecule has 0 saturated carbocycles. The lowest BCUT2D eigenvalue weighted by Crippen LogP contribution is -2.17. The van der Waals surface area contributed by atoms with Crippen LogP contribution < -0.4 is 11.3 Å². The second-order valence-electron chi connectivity index (χ2n) is 4.59. The average molecular weight is 240 g/mol. The van der Waals surface area contributed by atoms with Crippen LogP contribution in [-0.4, -0.2) is 9.88 Å². The molecule has 2 heterocycles. The Balaban J connectivity index is 1.72. The highest BCUT2D eigenvalue weighted by molar-refractivity contribution is 5.41. The molecular formula is C14H16N4. The van der Waals surface area contributed by atoms with E-state index in [9.17, 15) is 0 Å². The average Bonchev–Trinajstić information content (AvgIpc) is 2.81.